The van der Waals surface area contributed by atoms with Crippen LogP contribution in [0.2, 0.25) is 0 Å². The molecule has 0 atom stereocenters. The molecular weight excluding hydrogens is 234 g/mol. The molecule has 1 aliphatic heterocycles. The number of benzene rings is 1. The number of hydrogen-bond donors (Lipinski definition) is 0. The highest BCUT2D eigenvalue weighted by Crippen LogP contribution is 2.36. The van der Waals surface area contributed by atoms with Gasteiger partial charge in [-0.15, -0.1) is 0 Å². The van der Waals surface area contributed by atoms with Crippen molar-refractivity contribution in [3.8, 4) is 0 Å². The number of aryl methyl sites for hydroxylation is 1. The maximum Gasteiger partial charge on any atom is 0.227 e. The molecule has 0 spiro atoms. The van der Waals surface area contributed by atoms with Gasteiger partial charge in [-0.25, -0.2) is 0 Å². The van der Waals surface area contributed by atoms with Gasteiger partial charge >= 0.3 is 0 Å². The van der Waals surface area contributed by atoms with Crippen molar-refractivity contribution in [1.29, 1.82) is 0 Å². The predicted octanol–water partition coefficient (Wildman–Crippen LogP) is 3.25. The molecule has 0 N–H and O–H groups in total. The summed E-state index contributed by atoms with van der Waals surface area (Å²) < 4.78 is 0. The van der Waals surface area contributed by atoms with Crippen LogP contribution < -0.4 is 0 Å². The summed E-state index contributed by atoms with van der Waals surface area (Å²) in [6.07, 6.45) is 5.39. The first-order valence-corrected chi connectivity index (χ1v) is 7.25. The van der Waals surface area contributed by atoms with Crippen LogP contribution in [0.5, 0.6) is 0 Å². The second-order valence-corrected chi connectivity index (χ2v) is 5.75. The van der Waals surface area contributed by atoms with Gasteiger partial charge in [0.15, 0.2) is 0 Å². The van der Waals surface area contributed by atoms with Crippen LogP contribution in [0.4, 0.5) is 0 Å². The summed E-state index contributed by atoms with van der Waals surface area (Å²) >= 11 is 0. The van der Waals surface area contributed by atoms with Gasteiger partial charge in [-0.2, -0.15) is 0 Å². The zero-order valence-corrected chi connectivity index (χ0v) is 11.6. The van der Waals surface area contributed by atoms with Crippen LogP contribution in [0.25, 0.3) is 0 Å². The number of allylic oxidation sites excluding steroid dienone is 1. The molecule has 100 valence electrons. The number of rotatable bonds is 2. The molecule has 1 amide bonds. The van der Waals surface area contributed by atoms with Gasteiger partial charge in [-0.3, -0.25) is 4.79 Å². The molecule has 1 heterocycles. The highest BCUT2D eigenvalue weighted by Gasteiger charge is 2.24. The molecule has 0 radical (unpaired) electrons. The zero-order chi connectivity index (χ0) is 13.2. The number of carbonyl (C=O) groups excluding carboxylic acids is 1. The molecule has 2 fully saturated rings. The van der Waals surface area contributed by atoms with Gasteiger partial charge in [0.2, 0.25) is 5.91 Å². The molecular formula is C17H21NO. The normalized spacial score (nSPS) is 18.7. The van der Waals surface area contributed by atoms with Crippen LogP contribution in [-0.2, 0) is 11.2 Å². The Balaban J connectivity index is 1.58. The van der Waals surface area contributed by atoms with Crippen molar-refractivity contribution in [2.45, 2.75) is 39.0 Å². The van der Waals surface area contributed by atoms with E-state index in [1.807, 2.05) is 17.0 Å². The molecule has 1 aromatic carbocycles. The number of amides is 1. The summed E-state index contributed by atoms with van der Waals surface area (Å²) in [7, 11) is 0. The van der Waals surface area contributed by atoms with Gasteiger partial charge in [0.1, 0.15) is 0 Å². The third kappa shape index (κ3) is 3.06. The zero-order valence-electron chi connectivity index (χ0n) is 11.6. The average Bonchev–Trinajstić information content (AvgIpc) is 3.23. The number of carbonyl (C=O) groups is 1. The van der Waals surface area contributed by atoms with Crippen LogP contribution >= 0.6 is 0 Å². The summed E-state index contributed by atoms with van der Waals surface area (Å²) in [4.78, 5) is 14.3. The lowest BCUT2D eigenvalue weighted by molar-refractivity contribution is -0.130. The molecule has 19 heavy (non-hydrogen) atoms. The Bertz CT molecular complexity index is 514. The molecule has 2 nitrogen and oxygen atoms in total. The number of likely N-dealkylation sites (tertiary alicyclic amines) is 1. The predicted molar refractivity (Wildman–Crippen MR) is 77.0 cm³/mol. The Morgan fingerprint density at radius 2 is 1.79 bits per heavy atom. The van der Waals surface area contributed by atoms with Crippen molar-refractivity contribution in [3.63, 3.8) is 0 Å². The van der Waals surface area contributed by atoms with E-state index in [1.54, 1.807) is 11.1 Å². The minimum absolute atomic E-state index is 0.283. The van der Waals surface area contributed by atoms with E-state index in [0.717, 1.165) is 31.5 Å². The van der Waals surface area contributed by atoms with Crippen LogP contribution in [0.15, 0.2) is 35.4 Å². The van der Waals surface area contributed by atoms with Crippen LogP contribution in [0, 0.1) is 6.92 Å². The second kappa shape index (κ2) is 5.20. The van der Waals surface area contributed by atoms with Crippen molar-refractivity contribution in [3.05, 3.63) is 46.5 Å². The summed E-state index contributed by atoms with van der Waals surface area (Å²) in [5, 5.41) is 0. The standard InChI is InChI=1S/C17H21NO/c1-13-3-2-4-14(11-13)12-17(19)18-9-7-16(8-10-18)15-5-6-15/h2-4,11H,5-10,12H2,1H3. The van der Waals surface area contributed by atoms with Gasteiger partial charge in [0.25, 0.3) is 0 Å². The van der Waals surface area contributed by atoms with E-state index in [2.05, 4.69) is 19.1 Å². The Labute approximate surface area is 115 Å². The van der Waals surface area contributed by atoms with Gasteiger partial charge in [-0.1, -0.05) is 41.0 Å². The highest BCUT2D eigenvalue weighted by atomic mass is 16.2. The third-order valence-corrected chi connectivity index (χ3v) is 4.16. The molecule has 2 heteroatoms. The Morgan fingerprint density at radius 1 is 1.11 bits per heavy atom. The summed E-state index contributed by atoms with van der Waals surface area (Å²) in [6.45, 7) is 3.91. The minimum atomic E-state index is 0.283. The molecule has 1 aromatic rings. The lowest BCUT2D eigenvalue weighted by atomic mass is 10.0. The van der Waals surface area contributed by atoms with E-state index in [9.17, 15) is 4.79 Å². The van der Waals surface area contributed by atoms with Gasteiger partial charge in [0.05, 0.1) is 6.42 Å². The summed E-state index contributed by atoms with van der Waals surface area (Å²) in [6, 6.07) is 8.26. The largest absolute Gasteiger partial charge is 0.342 e. The van der Waals surface area contributed by atoms with Gasteiger partial charge in [0, 0.05) is 13.1 Å². The maximum absolute atomic E-state index is 12.3. The molecule has 0 bridgehead atoms. The minimum Gasteiger partial charge on any atom is -0.342 e. The maximum atomic E-state index is 12.3. The number of piperidine rings is 1. The molecule has 0 unspecified atom stereocenters. The van der Waals surface area contributed by atoms with Crippen molar-refractivity contribution >= 4 is 5.91 Å². The Kier molecular flexibility index (Phi) is 3.41. The van der Waals surface area contributed by atoms with E-state index in [4.69, 9.17) is 0 Å². The molecule has 0 aromatic heterocycles. The molecule has 1 saturated heterocycles. The molecule has 1 saturated carbocycles. The van der Waals surface area contributed by atoms with E-state index in [-0.39, 0.29) is 5.91 Å². The quantitative estimate of drug-likeness (QED) is 0.743. The molecule has 2 aliphatic rings. The number of hydrogen-bond acceptors (Lipinski definition) is 1. The summed E-state index contributed by atoms with van der Waals surface area (Å²) in [5.74, 6) is 0.283. The third-order valence-electron chi connectivity index (χ3n) is 4.16. The monoisotopic (exact) mass is 255 g/mol. The second-order valence-electron chi connectivity index (χ2n) is 5.75. The van der Waals surface area contributed by atoms with E-state index in [1.165, 1.54) is 18.4 Å². The smallest absolute Gasteiger partial charge is 0.227 e. The first kappa shape index (κ1) is 12.5. The van der Waals surface area contributed by atoms with Crippen molar-refractivity contribution < 1.29 is 4.79 Å². The first-order chi connectivity index (χ1) is 9.22. The fraction of sp³-hybridized carbons (Fsp3) is 0.471. The van der Waals surface area contributed by atoms with Crippen molar-refractivity contribution in [2.24, 2.45) is 0 Å². The molecule has 3 rings (SSSR count). The van der Waals surface area contributed by atoms with Crippen molar-refractivity contribution in [2.75, 3.05) is 13.1 Å². The van der Waals surface area contributed by atoms with E-state index < -0.39 is 0 Å². The Morgan fingerprint density at radius 3 is 2.42 bits per heavy atom. The fourth-order valence-corrected chi connectivity index (χ4v) is 2.90. The highest BCUT2D eigenvalue weighted by molar-refractivity contribution is 5.79. The van der Waals surface area contributed by atoms with Crippen LogP contribution in [0.1, 0.15) is 36.8 Å². The van der Waals surface area contributed by atoms with E-state index in [0.29, 0.717) is 6.42 Å². The topological polar surface area (TPSA) is 20.3 Å². The van der Waals surface area contributed by atoms with Crippen LogP contribution in [0.3, 0.4) is 0 Å². The van der Waals surface area contributed by atoms with Crippen molar-refractivity contribution in [1.82, 2.24) is 4.90 Å². The number of nitrogens with zero attached hydrogens (tertiary/aromatic N) is 1. The lowest BCUT2D eigenvalue weighted by Crippen LogP contribution is -2.37. The first-order valence-electron chi connectivity index (χ1n) is 7.25. The fourth-order valence-electron chi connectivity index (χ4n) is 2.90. The lowest BCUT2D eigenvalue weighted by Gasteiger charge is -2.28. The van der Waals surface area contributed by atoms with Gasteiger partial charge < -0.3 is 4.90 Å². The average molecular weight is 255 g/mol. The molecule has 1 aliphatic carbocycles. The van der Waals surface area contributed by atoms with Gasteiger partial charge in [-0.05, 0) is 38.2 Å². The SMILES string of the molecule is Cc1cccc(CC(=O)N2CCC(=C3CC3)CC2)c1. The summed E-state index contributed by atoms with van der Waals surface area (Å²) in [5.41, 5.74) is 5.67. The Hall–Kier alpha value is -1.57. The van der Waals surface area contributed by atoms with Crippen LogP contribution in [-0.4, -0.2) is 23.9 Å². The van der Waals surface area contributed by atoms with E-state index >= 15 is 0 Å².